The third-order valence-corrected chi connectivity index (χ3v) is 6.67. The van der Waals surface area contributed by atoms with E-state index >= 15 is 0 Å². The predicted molar refractivity (Wildman–Crippen MR) is 133 cm³/mol. The molecule has 10 heteroatoms. The topological polar surface area (TPSA) is 99.4 Å². The summed E-state index contributed by atoms with van der Waals surface area (Å²) in [4.78, 5) is 20.0. The predicted octanol–water partition coefficient (Wildman–Crippen LogP) is 4.16. The van der Waals surface area contributed by atoms with Crippen LogP contribution in [0.2, 0.25) is 0 Å². The standard InChI is InChI=1S/C26H27N5O5/c1-26(2,3)31-24-17(12-27-31)20(14-9-18(34-5)22-19(10-14)35-13-36-22)21-23(28-24)29-25(32)30(21)15-7-6-8-16(11-15)33-4/h6-12,20-21H,13H2,1-5H3,(H,28,29,32)/t20-,21+/m0/s1. The molecule has 0 bridgehead atoms. The van der Waals surface area contributed by atoms with Crippen LogP contribution in [0.25, 0.3) is 0 Å². The number of hydrogen-bond acceptors (Lipinski definition) is 7. The molecule has 1 aromatic heterocycles. The molecule has 2 atom stereocenters. The van der Waals surface area contributed by atoms with Gasteiger partial charge >= 0.3 is 6.03 Å². The second-order valence-corrected chi connectivity index (χ2v) is 9.88. The lowest BCUT2D eigenvalue weighted by molar-refractivity contribution is 0.171. The quantitative estimate of drug-likeness (QED) is 0.591. The van der Waals surface area contributed by atoms with Crippen molar-refractivity contribution in [2.45, 2.75) is 38.3 Å². The van der Waals surface area contributed by atoms with E-state index in [4.69, 9.17) is 29.0 Å². The fourth-order valence-corrected chi connectivity index (χ4v) is 5.08. The maximum Gasteiger partial charge on any atom is 0.328 e. The first-order chi connectivity index (χ1) is 17.3. The minimum absolute atomic E-state index is 0.124. The molecule has 2 amide bonds. The van der Waals surface area contributed by atoms with E-state index < -0.39 is 6.04 Å². The highest BCUT2D eigenvalue weighted by Crippen LogP contribution is 2.49. The van der Waals surface area contributed by atoms with E-state index in [0.717, 1.165) is 11.1 Å². The summed E-state index contributed by atoms with van der Waals surface area (Å²) in [5.74, 6) is 3.36. The highest BCUT2D eigenvalue weighted by Gasteiger charge is 2.49. The van der Waals surface area contributed by atoms with Crippen molar-refractivity contribution in [1.82, 2.24) is 15.1 Å². The van der Waals surface area contributed by atoms with Crippen LogP contribution in [0, 0.1) is 0 Å². The Kier molecular flexibility index (Phi) is 4.89. The number of anilines is 1. The average molecular weight is 490 g/mol. The minimum atomic E-state index is -0.445. The largest absolute Gasteiger partial charge is 0.497 e. The molecule has 2 aromatic carbocycles. The highest BCUT2D eigenvalue weighted by atomic mass is 16.7. The molecule has 1 N–H and O–H groups in total. The highest BCUT2D eigenvalue weighted by molar-refractivity contribution is 6.18. The van der Waals surface area contributed by atoms with Crippen LogP contribution >= 0.6 is 0 Å². The zero-order chi connectivity index (χ0) is 25.2. The molecule has 0 saturated carbocycles. The Morgan fingerprint density at radius 1 is 1.11 bits per heavy atom. The van der Waals surface area contributed by atoms with Crippen molar-refractivity contribution < 1.29 is 23.7 Å². The number of hydrogen-bond donors (Lipinski definition) is 1. The van der Waals surface area contributed by atoms with Gasteiger partial charge in [0.05, 0.1) is 26.0 Å². The summed E-state index contributed by atoms with van der Waals surface area (Å²) < 4.78 is 24.3. The van der Waals surface area contributed by atoms with Crippen molar-refractivity contribution in [3.63, 3.8) is 0 Å². The number of ether oxygens (including phenoxy) is 4. The Balaban J connectivity index is 1.57. The lowest BCUT2D eigenvalue weighted by Gasteiger charge is -2.34. The van der Waals surface area contributed by atoms with Crippen molar-refractivity contribution >= 4 is 23.4 Å². The number of benzene rings is 2. The van der Waals surface area contributed by atoms with Crippen LogP contribution in [0.15, 0.2) is 47.6 Å². The summed E-state index contributed by atoms with van der Waals surface area (Å²) in [6.45, 7) is 6.34. The molecule has 0 radical (unpaired) electrons. The van der Waals surface area contributed by atoms with Gasteiger partial charge in [0.25, 0.3) is 0 Å². The van der Waals surface area contributed by atoms with Crippen molar-refractivity contribution in [2.24, 2.45) is 4.99 Å². The lowest BCUT2D eigenvalue weighted by atomic mass is 9.83. The Labute approximate surface area is 208 Å². The third kappa shape index (κ3) is 3.28. The summed E-state index contributed by atoms with van der Waals surface area (Å²) in [5.41, 5.74) is 2.19. The van der Waals surface area contributed by atoms with Gasteiger partial charge in [0.15, 0.2) is 17.3 Å². The van der Waals surface area contributed by atoms with E-state index in [1.165, 1.54) is 0 Å². The maximum atomic E-state index is 13.4. The lowest BCUT2D eigenvalue weighted by Crippen LogP contribution is -2.42. The maximum absolute atomic E-state index is 13.4. The van der Waals surface area contributed by atoms with E-state index in [0.29, 0.717) is 40.3 Å². The van der Waals surface area contributed by atoms with Crippen LogP contribution in [0.1, 0.15) is 37.8 Å². The molecule has 0 unspecified atom stereocenters. The van der Waals surface area contributed by atoms with Crippen LogP contribution in [0.3, 0.4) is 0 Å². The van der Waals surface area contributed by atoms with Gasteiger partial charge in [-0.3, -0.25) is 10.2 Å². The van der Waals surface area contributed by atoms with Gasteiger partial charge in [0.1, 0.15) is 17.6 Å². The number of methoxy groups -OCH3 is 2. The van der Waals surface area contributed by atoms with Gasteiger partial charge in [-0.2, -0.15) is 5.10 Å². The number of nitrogens with one attached hydrogen (secondary N) is 1. The van der Waals surface area contributed by atoms with E-state index in [2.05, 4.69) is 26.1 Å². The van der Waals surface area contributed by atoms with Crippen molar-refractivity contribution in [3.8, 4) is 23.0 Å². The van der Waals surface area contributed by atoms with Crippen molar-refractivity contribution in [1.29, 1.82) is 0 Å². The fraction of sp³-hybridized carbons (Fsp3) is 0.346. The monoisotopic (exact) mass is 489 g/mol. The van der Waals surface area contributed by atoms with Crippen LogP contribution in [-0.4, -0.2) is 48.7 Å². The Morgan fingerprint density at radius 3 is 2.69 bits per heavy atom. The smallest absolute Gasteiger partial charge is 0.328 e. The van der Waals surface area contributed by atoms with Crippen LogP contribution in [0.5, 0.6) is 23.0 Å². The van der Waals surface area contributed by atoms with Crippen molar-refractivity contribution in [3.05, 3.63) is 53.7 Å². The van der Waals surface area contributed by atoms with E-state index in [1.807, 2.05) is 47.3 Å². The fourth-order valence-electron chi connectivity index (χ4n) is 5.08. The van der Waals surface area contributed by atoms with Gasteiger partial charge in [-0.05, 0) is 50.6 Å². The van der Waals surface area contributed by atoms with Crippen LogP contribution in [0.4, 0.5) is 16.3 Å². The number of urea groups is 1. The number of carbonyl (C=O) groups is 1. The molecule has 3 aliphatic rings. The normalized spacial score (nSPS) is 20.0. The van der Waals surface area contributed by atoms with E-state index in [9.17, 15) is 4.79 Å². The molecule has 186 valence electrons. The Hall–Kier alpha value is -4.21. The van der Waals surface area contributed by atoms with Crippen LogP contribution < -0.4 is 29.2 Å². The Bertz CT molecular complexity index is 1410. The number of rotatable bonds is 4. The third-order valence-electron chi connectivity index (χ3n) is 6.67. The number of amidine groups is 1. The first-order valence-corrected chi connectivity index (χ1v) is 11.7. The van der Waals surface area contributed by atoms with E-state index in [-0.39, 0.29) is 24.3 Å². The zero-order valence-electron chi connectivity index (χ0n) is 20.7. The van der Waals surface area contributed by atoms with Gasteiger partial charge in [0.2, 0.25) is 12.5 Å². The number of amides is 2. The van der Waals surface area contributed by atoms with Gasteiger partial charge in [0, 0.05) is 23.2 Å². The van der Waals surface area contributed by atoms with Gasteiger partial charge in [-0.25, -0.2) is 14.5 Å². The molecular formula is C26H27N5O5. The molecule has 0 aliphatic carbocycles. The molecule has 4 heterocycles. The molecule has 1 saturated heterocycles. The van der Waals surface area contributed by atoms with Crippen LogP contribution in [-0.2, 0) is 5.54 Å². The molecule has 3 aromatic rings. The van der Waals surface area contributed by atoms with Crippen molar-refractivity contribution in [2.75, 3.05) is 25.9 Å². The summed E-state index contributed by atoms with van der Waals surface area (Å²) in [6.07, 6.45) is 1.84. The summed E-state index contributed by atoms with van der Waals surface area (Å²) in [5, 5.41) is 7.70. The number of nitrogens with zero attached hydrogens (tertiary/aromatic N) is 4. The summed E-state index contributed by atoms with van der Waals surface area (Å²) >= 11 is 0. The second kappa shape index (κ2) is 7.91. The van der Waals surface area contributed by atoms with Gasteiger partial charge in [-0.1, -0.05) is 6.07 Å². The van der Waals surface area contributed by atoms with E-state index in [1.54, 1.807) is 19.1 Å². The summed E-state index contributed by atoms with van der Waals surface area (Å²) in [7, 11) is 3.20. The number of carbonyl (C=O) groups excluding carboxylic acids is 1. The average Bonchev–Trinajstić information content (AvgIpc) is 3.57. The van der Waals surface area contributed by atoms with Gasteiger partial charge < -0.3 is 18.9 Å². The first-order valence-electron chi connectivity index (χ1n) is 11.7. The Morgan fingerprint density at radius 2 is 1.94 bits per heavy atom. The molecule has 3 aliphatic heterocycles. The molecule has 1 fully saturated rings. The number of aromatic nitrogens is 2. The summed E-state index contributed by atoms with van der Waals surface area (Å²) in [6, 6.07) is 10.6. The number of aliphatic imine (C=N–C) groups is 1. The minimum Gasteiger partial charge on any atom is -0.497 e. The molecule has 36 heavy (non-hydrogen) atoms. The molecule has 0 spiro atoms. The SMILES string of the molecule is COc1cccc(N2C(=O)NC3=Nc4c(cnn4C(C)(C)C)[C@H](c4cc(OC)c5c(c4)OCO5)[C@H]32)c1. The first kappa shape index (κ1) is 22.3. The molecular weight excluding hydrogens is 462 g/mol. The molecule has 10 nitrogen and oxygen atoms in total. The molecule has 6 rings (SSSR count). The number of fused-ring (bicyclic) bond motifs is 3. The zero-order valence-corrected chi connectivity index (χ0v) is 20.7. The second-order valence-electron chi connectivity index (χ2n) is 9.88. The van der Waals surface area contributed by atoms with Gasteiger partial charge in [-0.15, -0.1) is 0 Å².